The van der Waals surface area contributed by atoms with Gasteiger partial charge in [0.05, 0.1) is 0 Å². The molecule has 0 aliphatic carbocycles. The van der Waals surface area contributed by atoms with Crippen LogP contribution in [-0.4, -0.2) is 47.1 Å². The van der Waals surface area contributed by atoms with Crippen molar-refractivity contribution in [3.63, 3.8) is 0 Å². The molecule has 5 heteroatoms. The molecule has 1 aliphatic rings. The van der Waals surface area contributed by atoms with Crippen LogP contribution in [-0.2, 0) is 9.59 Å². The minimum atomic E-state index is -0.872. The first-order chi connectivity index (χ1) is 8.95. The van der Waals surface area contributed by atoms with Crippen molar-refractivity contribution in [2.45, 2.75) is 58.5 Å². The van der Waals surface area contributed by atoms with Gasteiger partial charge in [0.1, 0.15) is 6.04 Å². The molecule has 1 fully saturated rings. The first-order valence-electron chi connectivity index (χ1n) is 7.21. The molecule has 1 heterocycles. The Bertz CT molecular complexity index is 318. The van der Waals surface area contributed by atoms with E-state index in [1.807, 2.05) is 13.8 Å². The number of piperidine rings is 1. The number of carboxylic acids is 1. The van der Waals surface area contributed by atoms with Gasteiger partial charge in [-0.05, 0) is 18.8 Å². The normalized spacial score (nSPS) is 23.7. The summed E-state index contributed by atoms with van der Waals surface area (Å²) in [5.41, 5.74) is 0. The molecule has 5 nitrogen and oxygen atoms in total. The van der Waals surface area contributed by atoms with Crippen molar-refractivity contribution >= 4 is 11.9 Å². The Morgan fingerprint density at radius 3 is 2.63 bits per heavy atom. The van der Waals surface area contributed by atoms with Gasteiger partial charge in [-0.3, -0.25) is 4.79 Å². The molecule has 0 spiro atoms. The van der Waals surface area contributed by atoms with Crippen LogP contribution in [0.15, 0.2) is 0 Å². The molecule has 0 saturated carbocycles. The largest absolute Gasteiger partial charge is 0.480 e. The molecule has 0 aromatic heterocycles. The number of likely N-dealkylation sites (tertiary alicyclic amines) is 1. The first kappa shape index (κ1) is 16.0. The number of carbonyl (C=O) groups excluding carboxylic acids is 1. The number of amides is 1. The lowest BCUT2D eigenvalue weighted by atomic mass is 9.88. The summed E-state index contributed by atoms with van der Waals surface area (Å²) in [6.07, 6.45) is 2.87. The van der Waals surface area contributed by atoms with E-state index in [1.165, 1.54) is 0 Å². The summed E-state index contributed by atoms with van der Waals surface area (Å²) in [4.78, 5) is 25.0. The van der Waals surface area contributed by atoms with Crippen molar-refractivity contribution < 1.29 is 14.7 Å². The molecule has 0 aromatic rings. The number of hydrogen-bond acceptors (Lipinski definition) is 3. The second-order valence-electron chi connectivity index (χ2n) is 5.60. The maximum absolute atomic E-state index is 12.1. The second-order valence-corrected chi connectivity index (χ2v) is 5.60. The van der Waals surface area contributed by atoms with Crippen molar-refractivity contribution in [2.75, 3.05) is 13.1 Å². The molecule has 0 aromatic carbocycles. The molecule has 110 valence electrons. The maximum atomic E-state index is 12.1. The minimum absolute atomic E-state index is 0.0462. The Balaban J connectivity index is 2.54. The summed E-state index contributed by atoms with van der Waals surface area (Å²) in [6.45, 7) is 7.31. The zero-order valence-electron chi connectivity index (χ0n) is 12.2. The van der Waals surface area contributed by atoms with Gasteiger partial charge in [0.15, 0.2) is 0 Å². The molecule has 0 bridgehead atoms. The maximum Gasteiger partial charge on any atom is 0.326 e. The average Bonchev–Trinajstić information content (AvgIpc) is 2.37. The Labute approximate surface area is 115 Å². The molecule has 1 amide bonds. The summed E-state index contributed by atoms with van der Waals surface area (Å²) in [7, 11) is 0. The third-order valence-electron chi connectivity index (χ3n) is 3.79. The van der Waals surface area contributed by atoms with Gasteiger partial charge in [-0.15, -0.1) is 0 Å². The van der Waals surface area contributed by atoms with Crippen molar-refractivity contribution in [3.8, 4) is 0 Å². The average molecular weight is 270 g/mol. The number of nitrogens with one attached hydrogen (secondary N) is 1. The van der Waals surface area contributed by atoms with Crippen LogP contribution < -0.4 is 5.32 Å². The molecule has 1 aliphatic heterocycles. The monoisotopic (exact) mass is 270 g/mol. The highest BCUT2D eigenvalue weighted by molar-refractivity contribution is 5.84. The van der Waals surface area contributed by atoms with E-state index < -0.39 is 12.0 Å². The predicted molar refractivity (Wildman–Crippen MR) is 73.9 cm³/mol. The predicted octanol–water partition coefficient (Wildman–Crippen LogP) is 1.48. The molecule has 19 heavy (non-hydrogen) atoms. The molecule has 1 rings (SSSR count). The summed E-state index contributed by atoms with van der Waals surface area (Å²) < 4.78 is 0. The van der Waals surface area contributed by atoms with E-state index in [0.29, 0.717) is 37.9 Å². The van der Waals surface area contributed by atoms with Gasteiger partial charge in [0, 0.05) is 25.6 Å². The topological polar surface area (TPSA) is 69.6 Å². The van der Waals surface area contributed by atoms with Crippen LogP contribution in [0.5, 0.6) is 0 Å². The van der Waals surface area contributed by atoms with Gasteiger partial charge >= 0.3 is 5.97 Å². The fourth-order valence-corrected chi connectivity index (χ4v) is 2.55. The van der Waals surface area contributed by atoms with Crippen molar-refractivity contribution in [3.05, 3.63) is 0 Å². The molecule has 2 atom stereocenters. The van der Waals surface area contributed by atoms with Gasteiger partial charge in [0.2, 0.25) is 5.91 Å². The molecular weight excluding hydrogens is 244 g/mol. The standard InChI is InChI=1S/C14H26N2O3/c1-4-11-6-8-16(12(9-11)14(18)19)13(17)5-7-15-10(2)3/h10-12,15H,4-9H2,1-3H3,(H,18,19). The summed E-state index contributed by atoms with van der Waals surface area (Å²) in [5.74, 6) is -0.489. The zero-order valence-corrected chi connectivity index (χ0v) is 12.2. The highest BCUT2D eigenvalue weighted by Gasteiger charge is 2.35. The Morgan fingerprint density at radius 2 is 2.11 bits per heavy atom. The van der Waals surface area contributed by atoms with Crippen LogP contribution >= 0.6 is 0 Å². The summed E-state index contributed by atoms with van der Waals surface area (Å²) in [5, 5.41) is 12.5. The lowest BCUT2D eigenvalue weighted by Crippen LogP contribution is -2.50. The molecule has 2 unspecified atom stereocenters. The van der Waals surface area contributed by atoms with E-state index in [-0.39, 0.29) is 5.91 Å². The van der Waals surface area contributed by atoms with Crippen molar-refractivity contribution in [1.82, 2.24) is 10.2 Å². The third kappa shape index (κ3) is 4.82. The quantitative estimate of drug-likeness (QED) is 0.767. The number of aliphatic carboxylic acids is 1. The molecule has 1 saturated heterocycles. The molecular formula is C14H26N2O3. The van der Waals surface area contributed by atoms with Crippen LogP contribution in [0.1, 0.15) is 46.5 Å². The number of nitrogens with zero attached hydrogens (tertiary/aromatic N) is 1. The first-order valence-corrected chi connectivity index (χ1v) is 7.21. The van der Waals surface area contributed by atoms with E-state index in [4.69, 9.17) is 0 Å². The van der Waals surface area contributed by atoms with Crippen molar-refractivity contribution in [1.29, 1.82) is 0 Å². The minimum Gasteiger partial charge on any atom is -0.480 e. The van der Waals surface area contributed by atoms with E-state index in [9.17, 15) is 14.7 Å². The Kier molecular flexibility index (Phi) is 6.28. The summed E-state index contributed by atoms with van der Waals surface area (Å²) >= 11 is 0. The Morgan fingerprint density at radius 1 is 1.42 bits per heavy atom. The van der Waals surface area contributed by atoms with E-state index in [2.05, 4.69) is 12.2 Å². The lowest BCUT2D eigenvalue weighted by Gasteiger charge is -2.37. The smallest absolute Gasteiger partial charge is 0.326 e. The van der Waals surface area contributed by atoms with Gasteiger partial charge in [-0.25, -0.2) is 4.79 Å². The van der Waals surface area contributed by atoms with Crippen LogP contribution in [0.25, 0.3) is 0 Å². The number of rotatable bonds is 6. The summed E-state index contributed by atoms with van der Waals surface area (Å²) in [6, 6.07) is -0.292. The van der Waals surface area contributed by atoms with Crippen LogP contribution in [0.3, 0.4) is 0 Å². The van der Waals surface area contributed by atoms with E-state index in [1.54, 1.807) is 4.90 Å². The van der Waals surface area contributed by atoms with E-state index >= 15 is 0 Å². The van der Waals surface area contributed by atoms with Crippen LogP contribution in [0, 0.1) is 5.92 Å². The van der Waals surface area contributed by atoms with Gasteiger partial charge < -0.3 is 15.3 Å². The van der Waals surface area contributed by atoms with Gasteiger partial charge in [-0.2, -0.15) is 0 Å². The fraction of sp³-hybridized carbons (Fsp3) is 0.857. The highest BCUT2D eigenvalue weighted by atomic mass is 16.4. The van der Waals surface area contributed by atoms with Gasteiger partial charge in [-0.1, -0.05) is 27.2 Å². The van der Waals surface area contributed by atoms with Gasteiger partial charge in [0.25, 0.3) is 0 Å². The molecule has 0 radical (unpaired) electrons. The number of hydrogen-bond donors (Lipinski definition) is 2. The van der Waals surface area contributed by atoms with E-state index in [0.717, 1.165) is 12.8 Å². The van der Waals surface area contributed by atoms with Crippen LogP contribution in [0.2, 0.25) is 0 Å². The second kappa shape index (κ2) is 7.48. The lowest BCUT2D eigenvalue weighted by molar-refractivity contribution is -0.153. The highest BCUT2D eigenvalue weighted by Crippen LogP contribution is 2.26. The van der Waals surface area contributed by atoms with Crippen molar-refractivity contribution in [2.24, 2.45) is 5.92 Å². The Hall–Kier alpha value is -1.10. The zero-order chi connectivity index (χ0) is 14.4. The number of carbonyl (C=O) groups is 2. The third-order valence-corrected chi connectivity index (χ3v) is 3.79. The number of carboxylic acid groups (broad SMARTS) is 1. The molecule has 2 N–H and O–H groups in total. The SMILES string of the molecule is CCC1CCN(C(=O)CCNC(C)C)C(C(=O)O)C1. The fourth-order valence-electron chi connectivity index (χ4n) is 2.55. The van der Waals surface area contributed by atoms with Crippen LogP contribution in [0.4, 0.5) is 0 Å².